The van der Waals surface area contributed by atoms with E-state index < -0.39 is 29.9 Å². The molecule has 1 unspecified atom stereocenters. The number of β-amino-alcohol motifs (C(OH)–C–C–N with tert-alkyl or cyclic N) is 1. The average molecular weight is 342 g/mol. The predicted octanol–water partition coefficient (Wildman–Crippen LogP) is 0.969. The number of carbonyl (C=O) groups is 3. The van der Waals surface area contributed by atoms with Gasteiger partial charge in [0.2, 0.25) is 0 Å². The van der Waals surface area contributed by atoms with Gasteiger partial charge in [0.1, 0.15) is 0 Å². The van der Waals surface area contributed by atoms with E-state index in [1.165, 1.54) is 19.1 Å². The maximum Gasteiger partial charge on any atom is 0.339 e. The van der Waals surface area contributed by atoms with E-state index in [0.29, 0.717) is 4.47 Å². The number of benzene rings is 1. The Balaban J connectivity index is 2.32. The molecule has 1 aliphatic rings. The topological polar surface area (TPSA) is 83.9 Å². The molecule has 0 aromatic heterocycles. The van der Waals surface area contributed by atoms with Crippen molar-refractivity contribution in [2.45, 2.75) is 12.5 Å². The van der Waals surface area contributed by atoms with Crippen LogP contribution in [-0.4, -0.2) is 47.0 Å². The molecule has 2 rings (SSSR count). The zero-order valence-corrected chi connectivity index (χ0v) is 12.4. The van der Waals surface area contributed by atoms with Crippen LogP contribution in [0.15, 0.2) is 22.7 Å². The Labute approximate surface area is 123 Å². The van der Waals surface area contributed by atoms with Crippen LogP contribution in [0.5, 0.6) is 0 Å². The highest BCUT2D eigenvalue weighted by molar-refractivity contribution is 9.10. The van der Waals surface area contributed by atoms with Crippen LogP contribution in [0.25, 0.3) is 0 Å². The van der Waals surface area contributed by atoms with Gasteiger partial charge in [-0.25, -0.2) is 4.79 Å². The van der Waals surface area contributed by atoms with Gasteiger partial charge in [-0.15, -0.1) is 0 Å². The lowest BCUT2D eigenvalue weighted by molar-refractivity contribution is -0.161. The van der Waals surface area contributed by atoms with Crippen molar-refractivity contribution in [1.82, 2.24) is 4.90 Å². The second-order valence-electron chi connectivity index (χ2n) is 4.65. The van der Waals surface area contributed by atoms with Crippen molar-refractivity contribution in [2.75, 3.05) is 13.7 Å². The zero-order valence-electron chi connectivity index (χ0n) is 10.8. The molecule has 0 saturated carbocycles. The van der Waals surface area contributed by atoms with Crippen molar-refractivity contribution < 1.29 is 24.2 Å². The van der Waals surface area contributed by atoms with Gasteiger partial charge in [-0.2, -0.15) is 0 Å². The molecule has 6 nitrogen and oxygen atoms in total. The number of fused-ring (bicyclic) bond motifs is 1. The van der Waals surface area contributed by atoms with Gasteiger partial charge < -0.3 is 9.84 Å². The molecule has 1 aliphatic heterocycles. The normalized spacial score (nSPS) is 16.9. The van der Waals surface area contributed by atoms with Crippen molar-refractivity contribution in [3.05, 3.63) is 33.8 Å². The van der Waals surface area contributed by atoms with E-state index in [2.05, 4.69) is 20.7 Å². The van der Waals surface area contributed by atoms with Crippen molar-refractivity contribution in [1.29, 1.82) is 0 Å². The number of rotatable bonds is 3. The summed E-state index contributed by atoms with van der Waals surface area (Å²) >= 11 is 3.22. The van der Waals surface area contributed by atoms with E-state index in [-0.39, 0.29) is 11.1 Å². The summed E-state index contributed by atoms with van der Waals surface area (Å²) in [6.07, 6.45) is 0. The van der Waals surface area contributed by atoms with Crippen LogP contribution in [0.3, 0.4) is 0 Å². The number of aliphatic hydroxyl groups is 1. The van der Waals surface area contributed by atoms with Gasteiger partial charge in [0.25, 0.3) is 11.8 Å². The Bertz CT molecular complexity index is 611. The Morgan fingerprint density at radius 3 is 2.55 bits per heavy atom. The molecule has 0 spiro atoms. The van der Waals surface area contributed by atoms with Gasteiger partial charge in [-0.05, 0) is 25.1 Å². The van der Waals surface area contributed by atoms with E-state index >= 15 is 0 Å². The summed E-state index contributed by atoms with van der Waals surface area (Å²) < 4.78 is 5.11. The SMILES string of the molecule is COC(=O)C(C)(O)CN1C(=O)c2ccc(Br)cc2C1=O. The van der Waals surface area contributed by atoms with Gasteiger partial charge in [-0.3, -0.25) is 14.5 Å². The number of esters is 1. The third-order valence-corrected chi connectivity index (χ3v) is 3.52. The maximum absolute atomic E-state index is 12.2. The molecule has 0 fully saturated rings. The van der Waals surface area contributed by atoms with Crippen LogP contribution in [-0.2, 0) is 9.53 Å². The summed E-state index contributed by atoms with van der Waals surface area (Å²) in [4.78, 5) is 36.6. The van der Waals surface area contributed by atoms with Gasteiger partial charge >= 0.3 is 5.97 Å². The molecule has 1 heterocycles. The third kappa shape index (κ3) is 2.34. The number of halogens is 1. The second-order valence-corrected chi connectivity index (χ2v) is 5.57. The van der Waals surface area contributed by atoms with E-state index in [1.54, 1.807) is 6.07 Å². The van der Waals surface area contributed by atoms with Crippen molar-refractivity contribution in [3.63, 3.8) is 0 Å². The van der Waals surface area contributed by atoms with Gasteiger partial charge in [0.05, 0.1) is 24.8 Å². The number of carbonyl (C=O) groups excluding carboxylic acids is 3. The molecule has 0 saturated heterocycles. The predicted molar refractivity (Wildman–Crippen MR) is 72.1 cm³/mol. The highest BCUT2D eigenvalue weighted by Gasteiger charge is 2.42. The molecule has 1 atom stereocenters. The number of hydrogen-bond acceptors (Lipinski definition) is 5. The lowest BCUT2D eigenvalue weighted by atomic mass is 10.1. The summed E-state index contributed by atoms with van der Waals surface area (Å²) in [5.41, 5.74) is -1.46. The Kier molecular flexibility index (Phi) is 3.66. The molecule has 20 heavy (non-hydrogen) atoms. The number of amides is 2. The minimum absolute atomic E-state index is 0.241. The number of imide groups is 1. The lowest BCUT2D eigenvalue weighted by Gasteiger charge is -2.25. The van der Waals surface area contributed by atoms with Crippen LogP contribution in [0.4, 0.5) is 0 Å². The first-order chi connectivity index (χ1) is 9.27. The molecule has 1 N–H and O–H groups in total. The lowest BCUT2D eigenvalue weighted by Crippen LogP contribution is -2.49. The first-order valence-corrected chi connectivity index (χ1v) is 6.54. The Morgan fingerprint density at radius 2 is 1.95 bits per heavy atom. The van der Waals surface area contributed by atoms with Crippen LogP contribution in [0.1, 0.15) is 27.6 Å². The molecule has 2 amide bonds. The minimum atomic E-state index is -1.95. The van der Waals surface area contributed by atoms with Gasteiger partial charge in [0.15, 0.2) is 5.60 Å². The highest BCUT2D eigenvalue weighted by atomic mass is 79.9. The molecule has 0 bridgehead atoms. The molecule has 1 aromatic rings. The number of ether oxygens (including phenoxy) is 1. The summed E-state index contributed by atoms with van der Waals surface area (Å²) in [5, 5.41) is 9.98. The Hall–Kier alpha value is -1.73. The van der Waals surface area contributed by atoms with Crippen LogP contribution in [0.2, 0.25) is 0 Å². The molecule has 1 aromatic carbocycles. The second kappa shape index (κ2) is 4.99. The van der Waals surface area contributed by atoms with E-state index in [0.717, 1.165) is 12.0 Å². The van der Waals surface area contributed by atoms with E-state index in [4.69, 9.17) is 0 Å². The smallest absolute Gasteiger partial charge is 0.339 e. The van der Waals surface area contributed by atoms with Crippen LogP contribution < -0.4 is 0 Å². The monoisotopic (exact) mass is 341 g/mol. The third-order valence-electron chi connectivity index (χ3n) is 3.02. The van der Waals surface area contributed by atoms with Crippen molar-refractivity contribution in [3.8, 4) is 0 Å². The molecule has 106 valence electrons. The standard InChI is InChI=1S/C13H12BrNO5/c1-13(19,12(18)20-2)6-15-10(16)8-4-3-7(14)5-9(8)11(15)17/h3-5,19H,6H2,1-2H3. The number of methoxy groups -OCH3 is 1. The summed E-state index contributed by atoms with van der Waals surface area (Å²) in [6.45, 7) is 0.738. The van der Waals surface area contributed by atoms with Crippen molar-refractivity contribution >= 4 is 33.7 Å². The fourth-order valence-corrected chi connectivity index (χ4v) is 2.36. The largest absolute Gasteiger partial charge is 0.467 e. The number of hydrogen-bond donors (Lipinski definition) is 1. The zero-order chi connectivity index (χ0) is 15.1. The molecular weight excluding hydrogens is 330 g/mol. The van der Waals surface area contributed by atoms with E-state index in [9.17, 15) is 19.5 Å². The summed E-state index contributed by atoms with van der Waals surface area (Å²) in [6, 6.07) is 4.70. The quantitative estimate of drug-likeness (QED) is 0.654. The first-order valence-electron chi connectivity index (χ1n) is 5.74. The molecule has 0 radical (unpaired) electrons. The highest BCUT2D eigenvalue weighted by Crippen LogP contribution is 2.27. The maximum atomic E-state index is 12.2. The van der Waals surface area contributed by atoms with Crippen LogP contribution >= 0.6 is 15.9 Å². The summed E-state index contributed by atoms with van der Waals surface area (Å²) in [5.74, 6) is -1.99. The summed E-state index contributed by atoms with van der Waals surface area (Å²) in [7, 11) is 1.12. The van der Waals surface area contributed by atoms with Crippen molar-refractivity contribution in [2.24, 2.45) is 0 Å². The van der Waals surface area contributed by atoms with Gasteiger partial charge in [0, 0.05) is 4.47 Å². The fourth-order valence-electron chi connectivity index (χ4n) is 2.00. The Morgan fingerprint density at radius 1 is 1.35 bits per heavy atom. The first kappa shape index (κ1) is 14.7. The van der Waals surface area contributed by atoms with Gasteiger partial charge in [-0.1, -0.05) is 15.9 Å². The molecule has 0 aliphatic carbocycles. The fraction of sp³-hybridized carbons (Fsp3) is 0.308. The van der Waals surface area contributed by atoms with E-state index in [1.807, 2.05) is 0 Å². The molecule has 7 heteroatoms. The van der Waals surface area contributed by atoms with Crippen LogP contribution in [0, 0.1) is 0 Å². The average Bonchev–Trinajstić information content (AvgIpc) is 2.62. The molecular formula is C13H12BrNO5. The minimum Gasteiger partial charge on any atom is -0.467 e. The number of nitrogens with zero attached hydrogens (tertiary/aromatic N) is 1.